The lowest BCUT2D eigenvalue weighted by molar-refractivity contribution is 0.0895. The molecule has 0 aliphatic heterocycles. The molecule has 0 aromatic heterocycles. The van der Waals surface area contributed by atoms with E-state index >= 15 is 0 Å². The molecule has 2 atom stereocenters. The van der Waals surface area contributed by atoms with Gasteiger partial charge in [0.1, 0.15) is 0 Å². The van der Waals surface area contributed by atoms with E-state index < -0.39 is 16.1 Å². The first-order chi connectivity index (χ1) is 12.8. The van der Waals surface area contributed by atoms with Crippen LogP contribution in [0, 0.1) is 5.92 Å². The molecule has 0 spiro atoms. The van der Waals surface area contributed by atoms with Gasteiger partial charge in [0, 0.05) is 30.3 Å². The Hall–Kier alpha value is -2.22. The number of nitrogens with one attached hydrogen (secondary N) is 2. The third-order valence-electron chi connectivity index (χ3n) is 4.74. The maximum Gasteiger partial charge on any atom is 0.229 e. The molecule has 0 amide bonds. The summed E-state index contributed by atoms with van der Waals surface area (Å²) >= 11 is 0. The summed E-state index contributed by atoms with van der Waals surface area (Å²) in [5.41, 5.74) is 3.06. The van der Waals surface area contributed by atoms with E-state index in [1.165, 1.54) is 0 Å². The second-order valence-electron chi connectivity index (χ2n) is 6.93. The van der Waals surface area contributed by atoms with Gasteiger partial charge in [-0.2, -0.15) is 0 Å². The zero-order valence-electron chi connectivity index (χ0n) is 15.2. The first-order valence-corrected chi connectivity index (χ1v) is 10.8. The van der Waals surface area contributed by atoms with Gasteiger partial charge in [-0.15, -0.1) is 0 Å². The second-order valence-corrected chi connectivity index (χ2v) is 8.68. The molecule has 3 N–H and O–H groups in total. The van der Waals surface area contributed by atoms with Gasteiger partial charge in [-0.25, -0.2) is 8.42 Å². The SMILES string of the molecule is CS(=O)(=O)Nc1ccc([C@H](O)CNC[C@H]2CCc3ccccc3C2=O)cc1. The summed E-state index contributed by atoms with van der Waals surface area (Å²) in [7, 11) is -3.32. The van der Waals surface area contributed by atoms with Crippen molar-refractivity contribution in [3.63, 3.8) is 0 Å². The Morgan fingerprint density at radius 3 is 2.56 bits per heavy atom. The van der Waals surface area contributed by atoms with Crippen LogP contribution in [0.3, 0.4) is 0 Å². The van der Waals surface area contributed by atoms with E-state index in [1.54, 1.807) is 24.3 Å². The molecule has 0 heterocycles. The molecule has 0 radical (unpaired) electrons. The zero-order valence-corrected chi connectivity index (χ0v) is 16.0. The third-order valence-corrected chi connectivity index (χ3v) is 5.35. The van der Waals surface area contributed by atoms with E-state index in [2.05, 4.69) is 10.0 Å². The first-order valence-electron chi connectivity index (χ1n) is 8.92. The summed E-state index contributed by atoms with van der Waals surface area (Å²) in [5.74, 6) is 0.0866. The van der Waals surface area contributed by atoms with Crippen molar-refractivity contribution in [2.24, 2.45) is 5.92 Å². The number of aryl methyl sites for hydroxylation is 1. The molecular weight excluding hydrogens is 364 g/mol. The van der Waals surface area contributed by atoms with E-state index in [0.29, 0.717) is 24.3 Å². The molecule has 0 saturated heterocycles. The highest BCUT2D eigenvalue weighted by molar-refractivity contribution is 7.92. The average Bonchev–Trinajstić information content (AvgIpc) is 2.63. The minimum Gasteiger partial charge on any atom is -0.387 e. The van der Waals surface area contributed by atoms with Crippen LogP contribution in [0.2, 0.25) is 0 Å². The summed E-state index contributed by atoms with van der Waals surface area (Å²) in [5, 5.41) is 13.5. The van der Waals surface area contributed by atoms with Crippen LogP contribution in [0.1, 0.15) is 34.0 Å². The lowest BCUT2D eigenvalue weighted by Gasteiger charge is -2.24. The molecular formula is C20H24N2O4S. The van der Waals surface area contributed by atoms with E-state index in [0.717, 1.165) is 30.2 Å². The number of carbonyl (C=O) groups is 1. The largest absolute Gasteiger partial charge is 0.387 e. The topological polar surface area (TPSA) is 95.5 Å². The van der Waals surface area contributed by atoms with Crippen molar-refractivity contribution in [2.75, 3.05) is 24.1 Å². The Morgan fingerprint density at radius 1 is 1.15 bits per heavy atom. The monoisotopic (exact) mass is 388 g/mol. The lowest BCUT2D eigenvalue weighted by atomic mass is 9.83. The molecule has 3 rings (SSSR count). The number of hydrogen-bond acceptors (Lipinski definition) is 5. The second kappa shape index (κ2) is 8.21. The van der Waals surface area contributed by atoms with Gasteiger partial charge < -0.3 is 10.4 Å². The lowest BCUT2D eigenvalue weighted by Crippen LogP contribution is -2.34. The summed E-state index contributed by atoms with van der Waals surface area (Å²) in [6.45, 7) is 0.849. The smallest absolute Gasteiger partial charge is 0.229 e. The predicted molar refractivity (Wildman–Crippen MR) is 105 cm³/mol. The Balaban J connectivity index is 1.51. The Kier molecular flexibility index (Phi) is 5.94. The number of aliphatic hydroxyl groups excluding tert-OH is 1. The van der Waals surface area contributed by atoms with E-state index in [4.69, 9.17) is 0 Å². The van der Waals surface area contributed by atoms with Gasteiger partial charge in [-0.1, -0.05) is 36.4 Å². The van der Waals surface area contributed by atoms with Crippen molar-refractivity contribution in [3.05, 3.63) is 65.2 Å². The number of rotatable bonds is 7. The van der Waals surface area contributed by atoms with Crippen LogP contribution < -0.4 is 10.0 Å². The van der Waals surface area contributed by atoms with E-state index in [1.807, 2.05) is 24.3 Å². The molecule has 2 aromatic rings. The first kappa shape index (κ1) is 19.5. The number of benzene rings is 2. The van der Waals surface area contributed by atoms with Crippen LogP contribution in [-0.4, -0.2) is 38.7 Å². The van der Waals surface area contributed by atoms with Gasteiger partial charge in [0.05, 0.1) is 12.4 Å². The number of fused-ring (bicyclic) bond motifs is 1. The van der Waals surface area contributed by atoms with Gasteiger partial charge in [0.15, 0.2) is 5.78 Å². The Morgan fingerprint density at radius 2 is 1.85 bits per heavy atom. The third kappa shape index (κ3) is 5.15. The number of hydrogen-bond donors (Lipinski definition) is 3. The summed E-state index contributed by atoms with van der Waals surface area (Å²) in [4.78, 5) is 12.6. The highest BCUT2D eigenvalue weighted by Gasteiger charge is 2.26. The molecule has 144 valence electrons. The van der Waals surface area contributed by atoms with Gasteiger partial charge in [-0.05, 0) is 36.1 Å². The Bertz CT molecular complexity index is 910. The van der Waals surface area contributed by atoms with Crippen molar-refractivity contribution in [1.29, 1.82) is 0 Å². The average molecular weight is 388 g/mol. The molecule has 2 aromatic carbocycles. The summed E-state index contributed by atoms with van der Waals surface area (Å²) < 4.78 is 24.8. The van der Waals surface area contributed by atoms with Crippen molar-refractivity contribution in [2.45, 2.75) is 18.9 Å². The Labute approximate surface area is 159 Å². The maximum absolute atomic E-state index is 12.6. The van der Waals surface area contributed by atoms with Crippen LogP contribution >= 0.6 is 0 Å². The van der Waals surface area contributed by atoms with Crippen molar-refractivity contribution in [1.82, 2.24) is 5.32 Å². The maximum atomic E-state index is 12.6. The quantitative estimate of drug-likeness (QED) is 0.675. The number of Topliss-reactive ketones (excluding diaryl/α,β-unsaturated/α-hetero) is 1. The number of aliphatic hydroxyl groups is 1. The minimum atomic E-state index is -3.32. The highest BCUT2D eigenvalue weighted by Crippen LogP contribution is 2.25. The van der Waals surface area contributed by atoms with Gasteiger partial charge in [-0.3, -0.25) is 9.52 Å². The standard InChI is InChI=1S/C20H24N2O4S/c1-27(25,26)22-17-10-8-15(9-11-17)19(23)13-21-12-16-7-6-14-4-2-3-5-18(14)20(16)24/h2-5,8-11,16,19,21-23H,6-7,12-13H2,1H3/t16-,19-/m1/s1. The predicted octanol–water partition coefficient (Wildman–Crippen LogP) is 2.13. The molecule has 7 heteroatoms. The van der Waals surface area contributed by atoms with Crippen LogP contribution in [-0.2, 0) is 16.4 Å². The fraction of sp³-hybridized carbons (Fsp3) is 0.350. The summed E-state index contributed by atoms with van der Waals surface area (Å²) in [6.07, 6.45) is 2.06. The van der Waals surface area contributed by atoms with Crippen molar-refractivity contribution < 1.29 is 18.3 Å². The molecule has 6 nitrogen and oxygen atoms in total. The van der Waals surface area contributed by atoms with Crippen LogP contribution in [0.25, 0.3) is 0 Å². The van der Waals surface area contributed by atoms with Crippen LogP contribution in [0.15, 0.2) is 48.5 Å². The molecule has 0 fully saturated rings. The number of sulfonamides is 1. The van der Waals surface area contributed by atoms with Crippen molar-refractivity contribution in [3.8, 4) is 0 Å². The van der Waals surface area contributed by atoms with Gasteiger partial charge in [0.25, 0.3) is 0 Å². The fourth-order valence-corrected chi connectivity index (χ4v) is 3.92. The number of ketones is 1. The van der Waals surface area contributed by atoms with Crippen LogP contribution in [0.4, 0.5) is 5.69 Å². The molecule has 0 bridgehead atoms. The molecule has 0 unspecified atom stereocenters. The molecule has 27 heavy (non-hydrogen) atoms. The number of carbonyl (C=O) groups excluding carboxylic acids is 1. The van der Waals surface area contributed by atoms with Crippen molar-refractivity contribution >= 4 is 21.5 Å². The molecule has 1 aliphatic carbocycles. The van der Waals surface area contributed by atoms with Gasteiger partial charge in [0.2, 0.25) is 10.0 Å². The minimum absolute atomic E-state index is 0.0755. The summed E-state index contributed by atoms with van der Waals surface area (Å²) in [6, 6.07) is 14.3. The fourth-order valence-electron chi connectivity index (χ4n) is 3.35. The normalized spacial score (nSPS) is 18.0. The molecule has 0 saturated carbocycles. The zero-order chi connectivity index (χ0) is 19.4. The highest BCUT2D eigenvalue weighted by atomic mass is 32.2. The van der Waals surface area contributed by atoms with E-state index in [-0.39, 0.29) is 11.7 Å². The molecule has 1 aliphatic rings. The van der Waals surface area contributed by atoms with E-state index in [9.17, 15) is 18.3 Å². The number of anilines is 1. The van der Waals surface area contributed by atoms with Crippen LogP contribution in [0.5, 0.6) is 0 Å². The van der Waals surface area contributed by atoms with Gasteiger partial charge >= 0.3 is 0 Å².